The van der Waals surface area contributed by atoms with E-state index in [1.807, 2.05) is 36.4 Å². The van der Waals surface area contributed by atoms with Gasteiger partial charge in [0.2, 0.25) is 0 Å². The maximum Gasteiger partial charge on any atom is 0.347 e. The third kappa shape index (κ3) is 7.11. The monoisotopic (exact) mass is 394 g/mol. The molecule has 2 atom stereocenters. The molecule has 0 bridgehead atoms. The smallest absolute Gasteiger partial charge is 0.347 e. The van der Waals surface area contributed by atoms with E-state index < -0.39 is 30.6 Å². The third-order valence-electron chi connectivity index (χ3n) is 4.08. The number of hydrogen-bond donors (Lipinski definition) is 1. The second-order valence-corrected chi connectivity index (χ2v) is 6.42. The lowest BCUT2D eigenvalue weighted by Crippen LogP contribution is -2.43. The summed E-state index contributed by atoms with van der Waals surface area (Å²) in [7, 11) is 0. The molecule has 0 heterocycles. The van der Waals surface area contributed by atoms with Crippen molar-refractivity contribution in [3.63, 3.8) is 0 Å². The number of amides is 1. The van der Waals surface area contributed by atoms with E-state index >= 15 is 0 Å². The molecule has 0 unspecified atom stereocenters. The van der Waals surface area contributed by atoms with Gasteiger partial charge in [0, 0.05) is 0 Å². The lowest BCUT2D eigenvalue weighted by atomic mass is 10.0. The Labute approximate surface area is 169 Å². The molecule has 0 aliphatic carbocycles. The van der Waals surface area contributed by atoms with Gasteiger partial charge in [-0.1, -0.05) is 30.3 Å². The Kier molecular flexibility index (Phi) is 7.92. The first-order chi connectivity index (χ1) is 13.9. The van der Waals surface area contributed by atoms with Gasteiger partial charge < -0.3 is 14.8 Å². The van der Waals surface area contributed by atoms with Crippen molar-refractivity contribution >= 4 is 17.7 Å². The first kappa shape index (κ1) is 21.6. The van der Waals surface area contributed by atoms with E-state index in [0.717, 1.165) is 5.56 Å². The number of rotatable bonds is 9. The van der Waals surface area contributed by atoms with Crippen LogP contribution in [-0.2, 0) is 25.5 Å². The molecule has 0 saturated heterocycles. The van der Waals surface area contributed by atoms with Crippen LogP contribution in [0.3, 0.4) is 0 Å². The van der Waals surface area contributed by atoms with Gasteiger partial charge in [0.1, 0.15) is 5.75 Å². The van der Waals surface area contributed by atoms with Crippen LogP contribution in [0.1, 0.15) is 25.0 Å². The first-order valence-electron chi connectivity index (χ1n) is 9.06. The quantitative estimate of drug-likeness (QED) is 0.654. The topological polar surface area (TPSA) is 105 Å². The van der Waals surface area contributed by atoms with Crippen molar-refractivity contribution < 1.29 is 23.9 Å². The highest BCUT2D eigenvalue weighted by Gasteiger charge is 2.21. The largest absolute Gasteiger partial charge is 0.479 e. The number of benzene rings is 2. The number of carbonyl (C=O) groups is 3. The summed E-state index contributed by atoms with van der Waals surface area (Å²) in [5, 5.41) is 11.4. The normalized spacial score (nSPS) is 12.2. The molecule has 7 heteroatoms. The number of nitrogens with zero attached hydrogens (tertiary/aromatic N) is 1. The van der Waals surface area contributed by atoms with E-state index in [1.54, 1.807) is 24.3 Å². The van der Waals surface area contributed by atoms with Gasteiger partial charge in [0.15, 0.2) is 18.5 Å². The molecule has 7 nitrogen and oxygen atoms in total. The van der Waals surface area contributed by atoms with E-state index in [2.05, 4.69) is 5.32 Å². The van der Waals surface area contributed by atoms with Gasteiger partial charge in [-0.2, -0.15) is 5.26 Å². The summed E-state index contributed by atoms with van der Waals surface area (Å²) in [5.41, 5.74) is 1.38. The molecule has 0 aromatic heterocycles. The Morgan fingerprint density at radius 3 is 2.31 bits per heavy atom. The van der Waals surface area contributed by atoms with E-state index in [9.17, 15) is 14.4 Å². The van der Waals surface area contributed by atoms with Crippen molar-refractivity contribution in [3.05, 3.63) is 65.7 Å². The van der Waals surface area contributed by atoms with Crippen LogP contribution in [0.5, 0.6) is 5.75 Å². The molecule has 29 heavy (non-hydrogen) atoms. The number of esters is 1. The third-order valence-corrected chi connectivity index (χ3v) is 4.08. The minimum atomic E-state index is -0.941. The van der Waals surface area contributed by atoms with Gasteiger partial charge in [-0.25, -0.2) is 4.79 Å². The number of nitriles is 1. The summed E-state index contributed by atoms with van der Waals surface area (Å²) < 4.78 is 10.4. The number of ketones is 1. The van der Waals surface area contributed by atoms with Crippen molar-refractivity contribution in [2.24, 2.45) is 0 Å². The summed E-state index contributed by atoms with van der Waals surface area (Å²) in [6.45, 7) is 2.37. The lowest BCUT2D eigenvalue weighted by molar-refractivity contribution is -0.155. The summed E-state index contributed by atoms with van der Waals surface area (Å²) in [6.07, 6.45) is -0.586. The number of carbonyl (C=O) groups excluding carboxylic acids is 3. The predicted molar refractivity (Wildman–Crippen MR) is 105 cm³/mol. The number of ether oxygens (including phenoxy) is 2. The second kappa shape index (κ2) is 10.6. The fraction of sp³-hybridized carbons (Fsp3) is 0.273. The fourth-order valence-corrected chi connectivity index (χ4v) is 2.50. The highest BCUT2D eigenvalue weighted by atomic mass is 16.6. The van der Waals surface area contributed by atoms with Crippen molar-refractivity contribution in [1.82, 2.24) is 5.32 Å². The molecule has 2 rings (SSSR count). The molecule has 1 N–H and O–H groups in total. The molecular formula is C22H22N2O5. The number of nitrogens with one attached hydrogen (secondary N) is 1. The second-order valence-electron chi connectivity index (χ2n) is 6.42. The summed E-state index contributed by atoms with van der Waals surface area (Å²) >= 11 is 0. The van der Waals surface area contributed by atoms with Gasteiger partial charge >= 0.3 is 5.97 Å². The lowest BCUT2D eigenvalue weighted by Gasteiger charge is -2.17. The van der Waals surface area contributed by atoms with Crippen LogP contribution in [0.15, 0.2) is 54.6 Å². The number of Topliss-reactive ketones (excluding diaryl/α,β-unsaturated/α-hetero) is 1. The summed E-state index contributed by atoms with van der Waals surface area (Å²) in [4.78, 5) is 35.9. The molecule has 0 aliphatic rings. The molecule has 2 aromatic carbocycles. The van der Waals surface area contributed by atoms with Crippen LogP contribution in [-0.4, -0.2) is 36.4 Å². The van der Waals surface area contributed by atoms with Crippen LogP contribution in [0, 0.1) is 11.3 Å². The minimum Gasteiger partial charge on any atom is -0.479 e. The Morgan fingerprint density at radius 1 is 1.07 bits per heavy atom. The molecule has 1 amide bonds. The minimum absolute atomic E-state index is 0.189. The van der Waals surface area contributed by atoms with Crippen LogP contribution in [0.25, 0.3) is 0 Å². The van der Waals surface area contributed by atoms with Crippen LogP contribution in [0.4, 0.5) is 0 Å². The Hall–Kier alpha value is -3.66. The van der Waals surface area contributed by atoms with Crippen molar-refractivity contribution in [2.45, 2.75) is 32.4 Å². The van der Waals surface area contributed by atoms with Crippen LogP contribution in [0.2, 0.25) is 0 Å². The Morgan fingerprint density at radius 2 is 1.72 bits per heavy atom. The predicted octanol–water partition coefficient (Wildman–Crippen LogP) is 2.19. The van der Waals surface area contributed by atoms with Gasteiger partial charge in [0.25, 0.3) is 5.91 Å². The Bertz CT molecular complexity index is 888. The van der Waals surface area contributed by atoms with Crippen molar-refractivity contribution in [3.8, 4) is 11.8 Å². The van der Waals surface area contributed by atoms with Gasteiger partial charge in [-0.05, 0) is 50.1 Å². The molecule has 0 fully saturated rings. The van der Waals surface area contributed by atoms with E-state index in [4.69, 9.17) is 14.7 Å². The van der Waals surface area contributed by atoms with Gasteiger partial charge in [0.05, 0.1) is 17.7 Å². The molecule has 0 saturated carbocycles. The van der Waals surface area contributed by atoms with Crippen molar-refractivity contribution in [1.29, 1.82) is 5.26 Å². The van der Waals surface area contributed by atoms with Gasteiger partial charge in [-0.3, -0.25) is 9.59 Å². The zero-order valence-electron chi connectivity index (χ0n) is 16.3. The molecular weight excluding hydrogens is 372 g/mol. The van der Waals surface area contributed by atoms with Crippen molar-refractivity contribution in [2.75, 3.05) is 6.61 Å². The summed E-state index contributed by atoms with van der Waals surface area (Å²) in [5.74, 6) is -1.07. The molecule has 0 radical (unpaired) electrons. The average molecular weight is 394 g/mol. The molecule has 0 spiro atoms. The standard InChI is InChI=1S/C22H22N2O5/c1-15(25)20(12-17-6-4-3-5-7-17)24-21(26)14-28-22(27)16(2)29-19-10-8-18(13-23)9-11-19/h3-11,16,20H,12,14H2,1-2H3,(H,24,26)/t16-,20-/m0/s1. The zero-order chi connectivity index (χ0) is 21.2. The number of hydrogen-bond acceptors (Lipinski definition) is 6. The molecule has 150 valence electrons. The van der Waals surface area contributed by atoms with E-state index in [0.29, 0.717) is 17.7 Å². The molecule has 0 aliphatic heterocycles. The first-order valence-corrected chi connectivity index (χ1v) is 9.06. The zero-order valence-corrected chi connectivity index (χ0v) is 16.3. The maximum absolute atomic E-state index is 12.1. The molecule has 2 aromatic rings. The van der Waals surface area contributed by atoms with E-state index in [1.165, 1.54) is 13.8 Å². The van der Waals surface area contributed by atoms with Crippen LogP contribution < -0.4 is 10.1 Å². The van der Waals surface area contributed by atoms with E-state index in [-0.39, 0.29) is 5.78 Å². The highest BCUT2D eigenvalue weighted by molar-refractivity contribution is 5.89. The summed E-state index contributed by atoms with van der Waals surface area (Å²) in [6, 6.07) is 16.9. The average Bonchev–Trinajstić information content (AvgIpc) is 2.72. The SMILES string of the molecule is CC(=O)[C@H](Cc1ccccc1)NC(=O)COC(=O)[C@H](C)Oc1ccc(C#N)cc1. The highest BCUT2D eigenvalue weighted by Crippen LogP contribution is 2.14. The fourth-order valence-electron chi connectivity index (χ4n) is 2.50. The maximum atomic E-state index is 12.1. The van der Waals surface area contributed by atoms with Crippen LogP contribution >= 0.6 is 0 Å². The Balaban J connectivity index is 1.82. The van der Waals surface area contributed by atoms with Gasteiger partial charge in [-0.15, -0.1) is 0 Å².